The Bertz CT molecular complexity index is 411. The van der Waals surface area contributed by atoms with Gasteiger partial charge in [0.15, 0.2) is 0 Å². The first-order valence-corrected chi connectivity index (χ1v) is 6.12. The largest absolute Gasteiger partial charge is 0.573 e. The summed E-state index contributed by atoms with van der Waals surface area (Å²) in [6.07, 6.45) is -2.93. The minimum Gasteiger partial charge on any atom is -0.487 e. The summed E-state index contributed by atoms with van der Waals surface area (Å²) in [6.45, 7) is 3.77. The van der Waals surface area contributed by atoms with Gasteiger partial charge in [0.1, 0.15) is 17.1 Å². The van der Waals surface area contributed by atoms with E-state index < -0.39 is 6.36 Å². The molecule has 106 valence electrons. The number of benzene rings is 1. The molecule has 0 bridgehead atoms. The molecule has 1 aromatic carbocycles. The van der Waals surface area contributed by atoms with E-state index in [0.717, 1.165) is 25.9 Å². The molecular weight excluding hydrogens is 259 g/mol. The van der Waals surface area contributed by atoms with E-state index in [1.54, 1.807) is 0 Å². The molecule has 0 atom stereocenters. The van der Waals surface area contributed by atoms with Crippen LogP contribution in [-0.4, -0.2) is 25.1 Å². The second kappa shape index (κ2) is 5.28. The summed E-state index contributed by atoms with van der Waals surface area (Å²) in [6, 6.07) is 5.50. The van der Waals surface area contributed by atoms with Crippen LogP contribution in [0.2, 0.25) is 0 Å². The Morgan fingerprint density at radius 2 is 1.58 bits per heavy atom. The van der Waals surface area contributed by atoms with Crippen LogP contribution < -0.4 is 14.8 Å². The standard InChI is InChI=1S/C13H16F3NO2/c1-12(6-8-17-9-7-12)18-10-2-4-11(5-3-10)19-13(14,15)16/h2-5,17H,6-9H2,1H3. The number of hydrogen-bond donors (Lipinski definition) is 1. The lowest BCUT2D eigenvalue weighted by Gasteiger charge is -2.34. The molecular formula is C13H16F3NO2. The SMILES string of the molecule is CC1(Oc2ccc(OC(F)(F)F)cc2)CCNCC1. The van der Waals surface area contributed by atoms with Gasteiger partial charge in [0.2, 0.25) is 0 Å². The fourth-order valence-electron chi connectivity index (χ4n) is 2.05. The van der Waals surface area contributed by atoms with Crippen LogP contribution in [0.15, 0.2) is 24.3 Å². The second-order valence-corrected chi connectivity index (χ2v) is 4.82. The van der Waals surface area contributed by atoms with Gasteiger partial charge in [0.25, 0.3) is 0 Å². The van der Waals surface area contributed by atoms with Crippen molar-refractivity contribution in [3.63, 3.8) is 0 Å². The van der Waals surface area contributed by atoms with Crippen molar-refractivity contribution in [3.05, 3.63) is 24.3 Å². The maximum atomic E-state index is 12.0. The van der Waals surface area contributed by atoms with E-state index in [4.69, 9.17) is 4.74 Å². The first-order valence-electron chi connectivity index (χ1n) is 6.12. The predicted molar refractivity (Wildman–Crippen MR) is 64.3 cm³/mol. The summed E-state index contributed by atoms with van der Waals surface area (Å²) >= 11 is 0. The Hall–Kier alpha value is -1.43. The molecule has 6 heteroatoms. The molecule has 2 rings (SSSR count). The molecule has 0 aromatic heterocycles. The molecule has 1 aromatic rings. The van der Waals surface area contributed by atoms with Gasteiger partial charge in [-0.25, -0.2) is 0 Å². The van der Waals surface area contributed by atoms with Crippen molar-refractivity contribution < 1.29 is 22.6 Å². The highest BCUT2D eigenvalue weighted by atomic mass is 19.4. The maximum Gasteiger partial charge on any atom is 0.573 e. The minimum atomic E-state index is -4.66. The summed E-state index contributed by atoms with van der Waals surface area (Å²) in [5.41, 5.74) is -0.266. The summed E-state index contributed by atoms with van der Waals surface area (Å²) < 4.78 is 45.7. The van der Waals surface area contributed by atoms with Gasteiger partial charge >= 0.3 is 6.36 Å². The van der Waals surface area contributed by atoms with E-state index in [-0.39, 0.29) is 11.4 Å². The van der Waals surface area contributed by atoms with Crippen LogP contribution in [0.1, 0.15) is 19.8 Å². The van der Waals surface area contributed by atoms with E-state index in [1.807, 2.05) is 6.92 Å². The van der Waals surface area contributed by atoms with Crippen LogP contribution in [-0.2, 0) is 0 Å². The number of ether oxygens (including phenoxy) is 2. The molecule has 0 saturated carbocycles. The number of hydrogen-bond acceptors (Lipinski definition) is 3. The quantitative estimate of drug-likeness (QED) is 0.919. The van der Waals surface area contributed by atoms with E-state index in [1.165, 1.54) is 24.3 Å². The van der Waals surface area contributed by atoms with Crippen LogP contribution in [0, 0.1) is 0 Å². The van der Waals surface area contributed by atoms with Crippen molar-refractivity contribution in [1.82, 2.24) is 5.32 Å². The van der Waals surface area contributed by atoms with Gasteiger partial charge < -0.3 is 14.8 Å². The average molecular weight is 275 g/mol. The first kappa shape index (κ1) is 14.0. The molecule has 0 amide bonds. The summed E-state index contributed by atoms with van der Waals surface area (Å²) in [5.74, 6) is 0.314. The maximum absolute atomic E-state index is 12.0. The average Bonchev–Trinajstić information content (AvgIpc) is 2.30. The van der Waals surface area contributed by atoms with Crippen LogP contribution >= 0.6 is 0 Å². The molecule has 0 unspecified atom stereocenters. The van der Waals surface area contributed by atoms with E-state index in [9.17, 15) is 13.2 Å². The Morgan fingerprint density at radius 1 is 1.05 bits per heavy atom. The van der Waals surface area contributed by atoms with Gasteiger partial charge in [0, 0.05) is 0 Å². The molecule has 3 nitrogen and oxygen atoms in total. The minimum absolute atomic E-state index is 0.240. The van der Waals surface area contributed by atoms with Crippen molar-refractivity contribution >= 4 is 0 Å². The number of piperidine rings is 1. The van der Waals surface area contributed by atoms with E-state index in [2.05, 4.69) is 10.1 Å². The molecule has 1 fully saturated rings. The number of halogens is 3. The molecule has 19 heavy (non-hydrogen) atoms. The van der Waals surface area contributed by atoms with Gasteiger partial charge in [0.05, 0.1) is 0 Å². The van der Waals surface area contributed by atoms with Gasteiger partial charge in [-0.2, -0.15) is 0 Å². The zero-order valence-corrected chi connectivity index (χ0v) is 10.6. The molecule has 0 spiro atoms. The second-order valence-electron chi connectivity index (χ2n) is 4.82. The van der Waals surface area contributed by atoms with Gasteiger partial charge in [-0.1, -0.05) is 0 Å². The van der Waals surface area contributed by atoms with Gasteiger partial charge in [-0.15, -0.1) is 13.2 Å². The van der Waals surface area contributed by atoms with Gasteiger partial charge in [-0.3, -0.25) is 0 Å². The molecule has 1 saturated heterocycles. The molecule has 1 aliphatic rings. The fraction of sp³-hybridized carbons (Fsp3) is 0.538. The lowest BCUT2D eigenvalue weighted by atomic mass is 9.94. The Balaban J connectivity index is 1.98. The predicted octanol–water partition coefficient (Wildman–Crippen LogP) is 3.11. The molecule has 0 aliphatic carbocycles. The smallest absolute Gasteiger partial charge is 0.487 e. The van der Waals surface area contributed by atoms with Crippen molar-refractivity contribution in [3.8, 4) is 11.5 Å². The molecule has 1 heterocycles. The highest BCUT2D eigenvalue weighted by molar-refractivity contribution is 5.31. The molecule has 1 aliphatic heterocycles. The topological polar surface area (TPSA) is 30.5 Å². The molecule has 1 N–H and O–H groups in total. The van der Waals surface area contributed by atoms with E-state index in [0.29, 0.717) is 5.75 Å². The third-order valence-electron chi connectivity index (χ3n) is 3.08. The normalized spacial score (nSPS) is 18.9. The van der Waals surface area contributed by atoms with Crippen molar-refractivity contribution in [1.29, 1.82) is 0 Å². The Morgan fingerprint density at radius 3 is 2.11 bits per heavy atom. The van der Waals surface area contributed by atoms with Crippen molar-refractivity contribution in [2.24, 2.45) is 0 Å². The zero-order chi connectivity index (χ0) is 13.9. The fourth-order valence-corrected chi connectivity index (χ4v) is 2.05. The zero-order valence-electron chi connectivity index (χ0n) is 10.6. The Labute approximate surface area is 109 Å². The first-order chi connectivity index (χ1) is 8.86. The van der Waals surface area contributed by atoms with Crippen LogP contribution in [0.3, 0.4) is 0 Å². The van der Waals surface area contributed by atoms with Crippen LogP contribution in [0.4, 0.5) is 13.2 Å². The van der Waals surface area contributed by atoms with E-state index >= 15 is 0 Å². The third kappa shape index (κ3) is 4.31. The van der Waals surface area contributed by atoms with Gasteiger partial charge in [-0.05, 0) is 57.1 Å². The molecule has 0 radical (unpaired) electrons. The summed E-state index contributed by atoms with van der Waals surface area (Å²) in [4.78, 5) is 0. The summed E-state index contributed by atoms with van der Waals surface area (Å²) in [5, 5.41) is 3.24. The Kier molecular flexibility index (Phi) is 3.89. The van der Waals surface area contributed by atoms with Crippen molar-refractivity contribution in [2.75, 3.05) is 13.1 Å². The van der Waals surface area contributed by atoms with Crippen LogP contribution in [0.5, 0.6) is 11.5 Å². The third-order valence-corrected chi connectivity index (χ3v) is 3.08. The highest BCUT2D eigenvalue weighted by Crippen LogP contribution is 2.29. The van der Waals surface area contributed by atoms with Crippen LogP contribution in [0.25, 0.3) is 0 Å². The highest BCUT2D eigenvalue weighted by Gasteiger charge is 2.31. The number of nitrogens with one attached hydrogen (secondary N) is 1. The lowest BCUT2D eigenvalue weighted by molar-refractivity contribution is -0.274. The summed E-state index contributed by atoms with van der Waals surface area (Å²) in [7, 11) is 0. The monoisotopic (exact) mass is 275 g/mol. The lowest BCUT2D eigenvalue weighted by Crippen LogP contribution is -2.43. The van der Waals surface area contributed by atoms with Crippen molar-refractivity contribution in [2.45, 2.75) is 31.7 Å². The number of alkyl halides is 3. The number of rotatable bonds is 3.